The number of halogens is 2. The van der Waals surface area contributed by atoms with Crippen molar-refractivity contribution in [2.75, 3.05) is 6.54 Å². The molecule has 0 aromatic rings. The van der Waals surface area contributed by atoms with Crippen LogP contribution in [-0.2, 0) is 4.74 Å². The molecule has 0 heterocycles. The Labute approximate surface area is 107 Å². The van der Waals surface area contributed by atoms with Crippen molar-refractivity contribution in [3.05, 3.63) is 0 Å². The van der Waals surface area contributed by atoms with Crippen LogP contribution in [0.25, 0.3) is 0 Å². The van der Waals surface area contributed by atoms with Crippen molar-refractivity contribution < 1.29 is 18.3 Å². The summed E-state index contributed by atoms with van der Waals surface area (Å²) in [6.45, 7) is 5.90. The van der Waals surface area contributed by atoms with E-state index in [0.29, 0.717) is 25.3 Å². The minimum atomic E-state index is -2.48. The molecule has 0 aromatic carbocycles. The van der Waals surface area contributed by atoms with Gasteiger partial charge in [-0.3, -0.25) is 0 Å². The van der Waals surface area contributed by atoms with Gasteiger partial charge in [0.05, 0.1) is 0 Å². The maximum Gasteiger partial charge on any atom is 0.407 e. The summed E-state index contributed by atoms with van der Waals surface area (Å²) in [5.74, 6) is -2.19. The highest BCUT2D eigenvalue weighted by Gasteiger charge is 2.34. The van der Waals surface area contributed by atoms with Crippen molar-refractivity contribution in [1.82, 2.24) is 5.32 Å². The van der Waals surface area contributed by atoms with Crippen LogP contribution < -0.4 is 5.32 Å². The standard InChI is InChI=1S/C13H23F2NO2/c1-12(2,3)18-11(17)16-9-6-10-4-7-13(14,15)8-5-10/h10H,4-9H2,1-3H3,(H,16,17). The first-order chi connectivity index (χ1) is 8.18. The lowest BCUT2D eigenvalue weighted by Crippen LogP contribution is -2.34. The first-order valence-corrected chi connectivity index (χ1v) is 6.53. The molecule has 0 radical (unpaired) electrons. The van der Waals surface area contributed by atoms with Gasteiger partial charge in [0.1, 0.15) is 5.60 Å². The molecular formula is C13H23F2NO2. The molecule has 1 amide bonds. The Morgan fingerprint density at radius 3 is 2.39 bits per heavy atom. The molecular weight excluding hydrogens is 240 g/mol. The molecule has 0 atom stereocenters. The third-order valence-electron chi connectivity index (χ3n) is 3.06. The lowest BCUT2D eigenvalue weighted by atomic mass is 9.85. The Morgan fingerprint density at radius 2 is 1.89 bits per heavy atom. The Hall–Kier alpha value is -0.870. The smallest absolute Gasteiger partial charge is 0.407 e. The van der Waals surface area contributed by atoms with Gasteiger partial charge in [-0.15, -0.1) is 0 Å². The van der Waals surface area contributed by atoms with Crippen LogP contribution in [0.2, 0.25) is 0 Å². The van der Waals surface area contributed by atoms with E-state index in [2.05, 4.69) is 5.32 Å². The molecule has 18 heavy (non-hydrogen) atoms. The molecule has 3 nitrogen and oxygen atoms in total. The second-order valence-corrected chi connectivity index (χ2v) is 6.02. The summed E-state index contributed by atoms with van der Waals surface area (Å²) in [7, 11) is 0. The molecule has 0 saturated heterocycles. The van der Waals surface area contributed by atoms with E-state index in [4.69, 9.17) is 4.74 Å². The summed E-state index contributed by atoms with van der Waals surface area (Å²) in [5.41, 5.74) is -0.503. The summed E-state index contributed by atoms with van der Waals surface area (Å²) in [6.07, 6.45) is 1.35. The van der Waals surface area contributed by atoms with Crippen LogP contribution in [0.5, 0.6) is 0 Å². The van der Waals surface area contributed by atoms with Crippen molar-refractivity contribution in [3.8, 4) is 0 Å². The summed E-state index contributed by atoms with van der Waals surface area (Å²) < 4.78 is 30.9. The molecule has 106 valence electrons. The predicted octanol–water partition coefficient (Wildman–Crippen LogP) is 3.73. The first kappa shape index (κ1) is 15.2. The number of rotatable bonds is 3. The topological polar surface area (TPSA) is 38.3 Å². The SMILES string of the molecule is CC(C)(C)OC(=O)NCCC1CCC(F)(F)CC1. The highest BCUT2D eigenvalue weighted by Crippen LogP contribution is 2.37. The molecule has 1 fully saturated rings. The average molecular weight is 263 g/mol. The average Bonchev–Trinajstić information content (AvgIpc) is 2.18. The lowest BCUT2D eigenvalue weighted by Gasteiger charge is -2.28. The second kappa shape index (κ2) is 5.85. The van der Waals surface area contributed by atoms with E-state index in [-0.39, 0.29) is 12.8 Å². The van der Waals surface area contributed by atoms with Crippen molar-refractivity contribution >= 4 is 6.09 Å². The molecule has 1 aliphatic carbocycles. The van der Waals surface area contributed by atoms with Crippen LogP contribution in [0.3, 0.4) is 0 Å². The number of carbonyl (C=O) groups excluding carboxylic acids is 1. The van der Waals surface area contributed by atoms with Gasteiger partial charge < -0.3 is 10.1 Å². The van der Waals surface area contributed by atoms with Gasteiger partial charge in [-0.1, -0.05) is 0 Å². The number of hydrogen-bond donors (Lipinski definition) is 1. The monoisotopic (exact) mass is 263 g/mol. The van der Waals surface area contributed by atoms with Gasteiger partial charge in [-0.25, -0.2) is 13.6 Å². The van der Waals surface area contributed by atoms with E-state index < -0.39 is 17.6 Å². The minimum Gasteiger partial charge on any atom is -0.444 e. The number of carbonyl (C=O) groups is 1. The van der Waals surface area contributed by atoms with Gasteiger partial charge in [0, 0.05) is 19.4 Å². The molecule has 0 unspecified atom stereocenters. The number of nitrogens with one attached hydrogen (secondary N) is 1. The minimum absolute atomic E-state index is 0.0237. The summed E-state index contributed by atoms with van der Waals surface area (Å²) in [6, 6.07) is 0. The van der Waals surface area contributed by atoms with E-state index >= 15 is 0 Å². The van der Waals surface area contributed by atoms with Crippen LogP contribution >= 0.6 is 0 Å². The normalized spacial score (nSPS) is 20.5. The van der Waals surface area contributed by atoms with E-state index in [1.165, 1.54) is 0 Å². The van der Waals surface area contributed by atoms with Gasteiger partial charge in [0.2, 0.25) is 5.92 Å². The van der Waals surface area contributed by atoms with E-state index in [1.54, 1.807) is 20.8 Å². The Bertz CT molecular complexity index is 277. The Morgan fingerprint density at radius 1 is 1.33 bits per heavy atom. The van der Waals surface area contributed by atoms with Gasteiger partial charge in [0.15, 0.2) is 0 Å². The van der Waals surface area contributed by atoms with E-state index in [9.17, 15) is 13.6 Å². The van der Waals surface area contributed by atoms with Crippen molar-refractivity contribution in [2.45, 2.75) is 64.4 Å². The fraction of sp³-hybridized carbons (Fsp3) is 0.923. The van der Waals surface area contributed by atoms with Gasteiger partial charge >= 0.3 is 6.09 Å². The van der Waals surface area contributed by atoms with Crippen LogP contribution in [-0.4, -0.2) is 24.2 Å². The van der Waals surface area contributed by atoms with Gasteiger partial charge in [-0.2, -0.15) is 0 Å². The van der Waals surface area contributed by atoms with E-state index in [0.717, 1.165) is 6.42 Å². The van der Waals surface area contributed by atoms with Crippen LogP contribution in [0, 0.1) is 5.92 Å². The van der Waals surface area contributed by atoms with Gasteiger partial charge in [-0.05, 0) is 46.0 Å². The Kier molecular flexibility index (Phi) is 4.93. The first-order valence-electron chi connectivity index (χ1n) is 6.53. The lowest BCUT2D eigenvalue weighted by molar-refractivity contribution is -0.0465. The zero-order valence-electron chi connectivity index (χ0n) is 11.4. The maximum atomic E-state index is 12.9. The van der Waals surface area contributed by atoms with Gasteiger partial charge in [0.25, 0.3) is 0 Å². The molecule has 0 aliphatic heterocycles. The third kappa shape index (κ3) is 6.17. The molecule has 0 aromatic heterocycles. The highest BCUT2D eigenvalue weighted by molar-refractivity contribution is 5.67. The van der Waals surface area contributed by atoms with Crippen molar-refractivity contribution in [1.29, 1.82) is 0 Å². The third-order valence-corrected chi connectivity index (χ3v) is 3.06. The number of ether oxygens (including phenoxy) is 1. The van der Waals surface area contributed by atoms with E-state index in [1.807, 2.05) is 0 Å². The molecule has 1 N–H and O–H groups in total. The maximum absolute atomic E-state index is 12.9. The summed E-state index contributed by atoms with van der Waals surface area (Å²) in [5, 5.41) is 2.66. The fourth-order valence-electron chi connectivity index (χ4n) is 2.08. The fourth-order valence-corrected chi connectivity index (χ4v) is 2.08. The molecule has 1 saturated carbocycles. The molecule has 0 bridgehead atoms. The quantitative estimate of drug-likeness (QED) is 0.842. The zero-order chi connectivity index (χ0) is 13.8. The van der Waals surface area contributed by atoms with Crippen LogP contribution in [0.4, 0.5) is 13.6 Å². The molecule has 1 aliphatic rings. The number of hydrogen-bond acceptors (Lipinski definition) is 2. The number of alkyl halides is 2. The second-order valence-electron chi connectivity index (χ2n) is 6.02. The predicted molar refractivity (Wildman–Crippen MR) is 65.8 cm³/mol. The molecule has 5 heteroatoms. The largest absolute Gasteiger partial charge is 0.444 e. The zero-order valence-corrected chi connectivity index (χ0v) is 11.4. The molecule has 1 rings (SSSR count). The summed E-state index contributed by atoms with van der Waals surface area (Å²) >= 11 is 0. The van der Waals surface area contributed by atoms with Crippen LogP contribution in [0.1, 0.15) is 52.9 Å². The van der Waals surface area contributed by atoms with Crippen molar-refractivity contribution in [2.24, 2.45) is 5.92 Å². The highest BCUT2D eigenvalue weighted by atomic mass is 19.3. The van der Waals surface area contributed by atoms with Crippen molar-refractivity contribution in [3.63, 3.8) is 0 Å². The Balaban J connectivity index is 2.14. The number of amides is 1. The van der Waals surface area contributed by atoms with Crippen LogP contribution in [0.15, 0.2) is 0 Å². The summed E-state index contributed by atoms with van der Waals surface area (Å²) in [4.78, 5) is 11.4. The molecule has 0 spiro atoms. The number of alkyl carbamates (subject to hydrolysis) is 1.